The average Bonchev–Trinajstić information content (AvgIpc) is 2.98. The predicted octanol–water partition coefficient (Wildman–Crippen LogP) is 1.24. The topological polar surface area (TPSA) is 67.9 Å². The molecule has 1 unspecified atom stereocenters. The SMILES string of the molecule is COCCCNC(=O)C1CC(=O)N(CCc2ccccc2OC)C1. The van der Waals surface area contributed by atoms with Crippen LogP contribution in [0.1, 0.15) is 18.4 Å². The maximum absolute atomic E-state index is 12.1. The van der Waals surface area contributed by atoms with Crippen molar-refractivity contribution in [3.8, 4) is 5.75 Å². The molecule has 1 aliphatic rings. The number of carbonyl (C=O) groups excluding carboxylic acids is 2. The smallest absolute Gasteiger partial charge is 0.225 e. The van der Waals surface area contributed by atoms with Crippen molar-refractivity contribution in [3.05, 3.63) is 29.8 Å². The molecule has 1 heterocycles. The van der Waals surface area contributed by atoms with Crippen molar-refractivity contribution in [2.24, 2.45) is 5.92 Å². The Bertz CT molecular complexity index is 562. The normalized spacial score (nSPS) is 17.2. The van der Waals surface area contributed by atoms with Gasteiger partial charge in [0.25, 0.3) is 0 Å². The van der Waals surface area contributed by atoms with E-state index < -0.39 is 0 Å². The van der Waals surface area contributed by atoms with Crippen molar-refractivity contribution >= 4 is 11.8 Å². The zero-order chi connectivity index (χ0) is 17.4. The summed E-state index contributed by atoms with van der Waals surface area (Å²) in [5.41, 5.74) is 1.07. The van der Waals surface area contributed by atoms with Crippen molar-refractivity contribution in [2.75, 3.05) is 40.5 Å². The van der Waals surface area contributed by atoms with Gasteiger partial charge in [0.15, 0.2) is 0 Å². The minimum atomic E-state index is -0.252. The van der Waals surface area contributed by atoms with Gasteiger partial charge in [-0.25, -0.2) is 0 Å². The molecule has 6 heteroatoms. The number of benzene rings is 1. The first kappa shape index (κ1) is 18.3. The van der Waals surface area contributed by atoms with E-state index in [0.29, 0.717) is 32.7 Å². The lowest BCUT2D eigenvalue weighted by Gasteiger charge is -2.17. The van der Waals surface area contributed by atoms with Crippen molar-refractivity contribution < 1.29 is 19.1 Å². The molecule has 6 nitrogen and oxygen atoms in total. The van der Waals surface area contributed by atoms with Crippen LogP contribution in [0.25, 0.3) is 0 Å². The van der Waals surface area contributed by atoms with Gasteiger partial charge in [-0.15, -0.1) is 0 Å². The van der Waals surface area contributed by atoms with E-state index in [1.165, 1.54) is 0 Å². The Kier molecular flexibility index (Phi) is 7.06. The van der Waals surface area contributed by atoms with Crippen LogP contribution in [0.3, 0.4) is 0 Å². The van der Waals surface area contributed by atoms with Crippen LogP contribution in [0.2, 0.25) is 0 Å². The number of amides is 2. The number of methoxy groups -OCH3 is 2. The highest BCUT2D eigenvalue weighted by Crippen LogP contribution is 2.21. The van der Waals surface area contributed by atoms with E-state index >= 15 is 0 Å². The molecule has 1 N–H and O–H groups in total. The number of hydrogen-bond donors (Lipinski definition) is 1. The molecule has 0 bridgehead atoms. The second kappa shape index (κ2) is 9.27. The van der Waals surface area contributed by atoms with Crippen LogP contribution in [-0.2, 0) is 20.7 Å². The van der Waals surface area contributed by atoms with Gasteiger partial charge in [0.2, 0.25) is 11.8 Å². The number of likely N-dealkylation sites (tertiary alicyclic amines) is 1. The number of rotatable bonds is 9. The summed E-state index contributed by atoms with van der Waals surface area (Å²) in [4.78, 5) is 26.0. The molecule has 1 fully saturated rings. The van der Waals surface area contributed by atoms with E-state index in [-0.39, 0.29) is 17.7 Å². The van der Waals surface area contributed by atoms with Gasteiger partial charge in [-0.3, -0.25) is 9.59 Å². The Morgan fingerprint density at radius 1 is 1.33 bits per heavy atom. The number of para-hydroxylation sites is 1. The first-order chi connectivity index (χ1) is 11.7. The molecule has 0 aliphatic carbocycles. The van der Waals surface area contributed by atoms with Crippen LogP contribution < -0.4 is 10.1 Å². The Morgan fingerprint density at radius 2 is 2.12 bits per heavy atom. The second-order valence-electron chi connectivity index (χ2n) is 5.94. The van der Waals surface area contributed by atoms with Gasteiger partial charge in [0.05, 0.1) is 13.0 Å². The van der Waals surface area contributed by atoms with Crippen LogP contribution >= 0.6 is 0 Å². The highest BCUT2D eigenvalue weighted by atomic mass is 16.5. The van der Waals surface area contributed by atoms with Crippen molar-refractivity contribution in [3.63, 3.8) is 0 Å². The monoisotopic (exact) mass is 334 g/mol. The first-order valence-electron chi connectivity index (χ1n) is 8.32. The summed E-state index contributed by atoms with van der Waals surface area (Å²) in [5.74, 6) is 0.579. The third-order valence-corrected chi connectivity index (χ3v) is 4.25. The van der Waals surface area contributed by atoms with E-state index in [1.54, 1.807) is 19.1 Å². The van der Waals surface area contributed by atoms with Gasteiger partial charge in [-0.2, -0.15) is 0 Å². The summed E-state index contributed by atoms with van der Waals surface area (Å²) in [6.45, 7) is 2.30. The number of hydrogen-bond acceptors (Lipinski definition) is 4. The van der Waals surface area contributed by atoms with E-state index in [9.17, 15) is 9.59 Å². The Labute approximate surface area is 143 Å². The first-order valence-corrected chi connectivity index (χ1v) is 8.32. The van der Waals surface area contributed by atoms with Gasteiger partial charge < -0.3 is 19.7 Å². The molecular formula is C18H26N2O4. The minimum absolute atomic E-state index is 0.0424. The molecule has 1 aromatic rings. The zero-order valence-corrected chi connectivity index (χ0v) is 14.4. The quantitative estimate of drug-likeness (QED) is 0.690. The predicted molar refractivity (Wildman–Crippen MR) is 90.9 cm³/mol. The van der Waals surface area contributed by atoms with Crippen LogP contribution in [0.15, 0.2) is 24.3 Å². The lowest BCUT2D eigenvalue weighted by atomic mass is 10.1. The summed E-state index contributed by atoms with van der Waals surface area (Å²) in [7, 11) is 3.28. The Morgan fingerprint density at radius 3 is 2.88 bits per heavy atom. The number of nitrogens with one attached hydrogen (secondary N) is 1. The fourth-order valence-electron chi connectivity index (χ4n) is 2.90. The number of ether oxygens (including phenoxy) is 2. The van der Waals surface area contributed by atoms with Gasteiger partial charge in [0, 0.05) is 39.8 Å². The molecule has 1 saturated heterocycles. The summed E-state index contributed by atoms with van der Waals surface area (Å²) in [6, 6.07) is 7.80. The summed E-state index contributed by atoms with van der Waals surface area (Å²) in [6.07, 6.45) is 1.79. The van der Waals surface area contributed by atoms with E-state index in [1.807, 2.05) is 24.3 Å². The van der Waals surface area contributed by atoms with Crippen molar-refractivity contribution in [1.82, 2.24) is 10.2 Å². The second-order valence-corrected chi connectivity index (χ2v) is 5.94. The standard InChI is InChI=1S/C18H26N2O4/c1-23-11-5-9-19-18(22)15-12-17(21)20(13-15)10-8-14-6-3-4-7-16(14)24-2/h3-4,6-7,15H,5,8-13H2,1-2H3,(H,19,22). The van der Waals surface area contributed by atoms with E-state index in [0.717, 1.165) is 24.2 Å². The molecule has 0 spiro atoms. The van der Waals surface area contributed by atoms with Crippen LogP contribution in [-0.4, -0.2) is 57.2 Å². The maximum Gasteiger partial charge on any atom is 0.225 e. The van der Waals surface area contributed by atoms with Gasteiger partial charge >= 0.3 is 0 Å². The number of nitrogens with zero attached hydrogens (tertiary/aromatic N) is 1. The molecule has 1 aromatic carbocycles. The molecule has 1 atom stereocenters. The van der Waals surface area contributed by atoms with Crippen LogP contribution in [0.5, 0.6) is 5.75 Å². The van der Waals surface area contributed by atoms with Crippen LogP contribution in [0.4, 0.5) is 0 Å². The minimum Gasteiger partial charge on any atom is -0.496 e. The Balaban J connectivity index is 1.81. The molecule has 0 aromatic heterocycles. The van der Waals surface area contributed by atoms with Gasteiger partial charge in [0.1, 0.15) is 5.75 Å². The fraction of sp³-hybridized carbons (Fsp3) is 0.556. The zero-order valence-electron chi connectivity index (χ0n) is 14.4. The molecule has 24 heavy (non-hydrogen) atoms. The molecule has 1 aliphatic heterocycles. The maximum atomic E-state index is 12.1. The summed E-state index contributed by atoms with van der Waals surface area (Å²) >= 11 is 0. The number of carbonyl (C=O) groups is 2. The van der Waals surface area contributed by atoms with Crippen LogP contribution in [0, 0.1) is 5.92 Å². The molecular weight excluding hydrogens is 308 g/mol. The van der Waals surface area contributed by atoms with Gasteiger partial charge in [-0.05, 0) is 24.5 Å². The van der Waals surface area contributed by atoms with Crippen molar-refractivity contribution in [1.29, 1.82) is 0 Å². The molecule has 2 amide bonds. The van der Waals surface area contributed by atoms with E-state index in [4.69, 9.17) is 9.47 Å². The largest absolute Gasteiger partial charge is 0.496 e. The molecule has 132 valence electrons. The lowest BCUT2D eigenvalue weighted by molar-refractivity contribution is -0.129. The average molecular weight is 334 g/mol. The molecule has 0 saturated carbocycles. The molecule has 0 radical (unpaired) electrons. The third-order valence-electron chi connectivity index (χ3n) is 4.25. The van der Waals surface area contributed by atoms with E-state index in [2.05, 4.69) is 5.32 Å². The Hall–Kier alpha value is -2.08. The summed E-state index contributed by atoms with van der Waals surface area (Å²) < 4.78 is 10.3. The lowest BCUT2D eigenvalue weighted by Crippen LogP contribution is -2.34. The van der Waals surface area contributed by atoms with Crippen molar-refractivity contribution in [2.45, 2.75) is 19.3 Å². The fourth-order valence-corrected chi connectivity index (χ4v) is 2.90. The summed E-state index contributed by atoms with van der Waals surface area (Å²) in [5, 5.41) is 2.87. The highest BCUT2D eigenvalue weighted by molar-refractivity contribution is 5.89. The van der Waals surface area contributed by atoms with Gasteiger partial charge in [-0.1, -0.05) is 18.2 Å². The molecule has 2 rings (SSSR count). The highest BCUT2D eigenvalue weighted by Gasteiger charge is 2.33. The third kappa shape index (κ3) is 4.96.